The number of fused-ring (bicyclic) bond motifs is 1. The summed E-state index contributed by atoms with van der Waals surface area (Å²) in [6, 6.07) is 12.1. The fourth-order valence-corrected chi connectivity index (χ4v) is 3.71. The number of nitrogens with one attached hydrogen (secondary N) is 1. The predicted octanol–water partition coefficient (Wildman–Crippen LogP) is 2.24. The van der Waals surface area contributed by atoms with Crippen LogP contribution in [0.4, 0.5) is 0 Å². The zero-order valence-corrected chi connectivity index (χ0v) is 17.4. The lowest BCUT2D eigenvalue weighted by atomic mass is 10.1. The molecule has 3 heterocycles. The Hall–Kier alpha value is -3.81. The summed E-state index contributed by atoms with van der Waals surface area (Å²) in [6.45, 7) is 0.987. The fraction of sp³-hybridized carbons (Fsp3) is 0.261. The monoisotopic (exact) mass is 420 g/mol. The minimum Gasteiger partial charge on any atom is -0.497 e. The lowest BCUT2D eigenvalue weighted by Crippen LogP contribution is -2.54. The summed E-state index contributed by atoms with van der Waals surface area (Å²) in [4.78, 5) is 32.0. The van der Waals surface area contributed by atoms with E-state index in [1.165, 1.54) is 0 Å². The average molecular weight is 420 g/mol. The molecule has 1 aliphatic rings. The summed E-state index contributed by atoms with van der Waals surface area (Å²) in [5, 5.41) is 2.96. The van der Waals surface area contributed by atoms with Gasteiger partial charge in [0, 0.05) is 37.7 Å². The molecule has 2 amide bonds. The molecule has 0 fully saturated rings. The summed E-state index contributed by atoms with van der Waals surface area (Å²) in [5.41, 5.74) is 2.28. The van der Waals surface area contributed by atoms with Gasteiger partial charge in [0.25, 0.3) is 5.91 Å². The van der Waals surface area contributed by atoms with Crippen molar-refractivity contribution in [2.45, 2.75) is 25.7 Å². The molecule has 1 atom stereocenters. The second kappa shape index (κ2) is 8.91. The van der Waals surface area contributed by atoms with Crippen LogP contribution in [-0.4, -0.2) is 46.5 Å². The minimum atomic E-state index is -0.639. The molecule has 8 nitrogen and oxygen atoms in total. The summed E-state index contributed by atoms with van der Waals surface area (Å²) in [6.07, 6.45) is 5.21. The number of carbonyl (C=O) groups is 2. The molecule has 0 bridgehead atoms. The van der Waals surface area contributed by atoms with E-state index in [9.17, 15) is 9.59 Å². The molecule has 8 heteroatoms. The molecule has 0 spiro atoms. The number of nitrogens with zero attached hydrogens (tertiary/aromatic N) is 3. The summed E-state index contributed by atoms with van der Waals surface area (Å²) in [5.74, 6) is 0.889. The van der Waals surface area contributed by atoms with Crippen LogP contribution in [0.15, 0.2) is 61.1 Å². The molecule has 0 radical (unpaired) electrons. The first kappa shape index (κ1) is 20.5. The van der Waals surface area contributed by atoms with Crippen LogP contribution < -0.4 is 14.8 Å². The van der Waals surface area contributed by atoms with Crippen LogP contribution in [0.3, 0.4) is 0 Å². The Labute approximate surface area is 180 Å². The Kier molecular flexibility index (Phi) is 5.88. The van der Waals surface area contributed by atoms with E-state index < -0.39 is 6.04 Å². The molecular formula is C23H24N4O4. The molecule has 1 unspecified atom stereocenters. The molecule has 4 rings (SSSR count). The van der Waals surface area contributed by atoms with Crippen molar-refractivity contribution < 1.29 is 19.1 Å². The van der Waals surface area contributed by atoms with Crippen LogP contribution in [0.5, 0.6) is 11.5 Å². The minimum absolute atomic E-state index is 0.177. The summed E-state index contributed by atoms with van der Waals surface area (Å²) in [7, 11) is 3.16. The van der Waals surface area contributed by atoms with Gasteiger partial charge in [-0.3, -0.25) is 14.6 Å². The maximum Gasteiger partial charge on any atom is 0.271 e. The molecule has 0 saturated heterocycles. The van der Waals surface area contributed by atoms with E-state index in [0.717, 1.165) is 11.1 Å². The van der Waals surface area contributed by atoms with E-state index in [-0.39, 0.29) is 18.4 Å². The zero-order chi connectivity index (χ0) is 21.8. The Morgan fingerprint density at radius 3 is 2.58 bits per heavy atom. The third-order valence-corrected chi connectivity index (χ3v) is 5.31. The third kappa shape index (κ3) is 4.37. The second-order valence-electron chi connectivity index (χ2n) is 7.29. The fourth-order valence-electron chi connectivity index (χ4n) is 3.71. The number of ether oxygens (including phenoxy) is 2. The highest BCUT2D eigenvalue weighted by atomic mass is 16.5. The lowest BCUT2D eigenvalue weighted by molar-refractivity contribution is -0.126. The molecule has 160 valence electrons. The van der Waals surface area contributed by atoms with Crippen LogP contribution in [-0.2, 0) is 24.4 Å². The van der Waals surface area contributed by atoms with Crippen molar-refractivity contribution in [3.63, 3.8) is 0 Å². The van der Waals surface area contributed by atoms with Crippen molar-refractivity contribution in [1.29, 1.82) is 0 Å². The van der Waals surface area contributed by atoms with Crippen molar-refractivity contribution in [3.05, 3.63) is 77.9 Å². The molecule has 31 heavy (non-hydrogen) atoms. The van der Waals surface area contributed by atoms with Gasteiger partial charge in [0.05, 0.1) is 20.8 Å². The quantitative estimate of drug-likeness (QED) is 0.634. The molecule has 3 aromatic rings. The first-order valence-electron chi connectivity index (χ1n) is 9.93. The topological polar surface area (TPSA) is 85.7 Å². The van der Waals surface area contributed by atoms with Crippen LogP contribution >= 0.6 is 0 Å². The van der Waals surface area contributed by atoms with Gasteiger partial charge >= 0.3 is 0 Å². The molecule has 1 N–H and O–H groups in total. The van der Waals surface area contributed by atoms with E-state index in [1.807, 2.05) is 41.1 Å². The maximum atomic E-state index is 13.2. The third-order valence-electron chi connectivity index (χ3n) is 5.31. The Bertz CT molecular complexity index is 1060. The van der Waals surface area contributed by atoms with Gasteiger partial charge in [-0.15, -0.1) is 0 Å². The number of pyridine rings is 1. The van der Waals surface area contributed by atoms with E-state index in [0.29, 0.717) is 30.3 Å². The number of methoxy groups -OCH3 is 2. The lowest BCUT2D eigenvalue weighted by Gasteiger charge is -2.35. The average Bonchev–Trinajstić information content (AvgIpc) is 3.28. The SMILES string of the molecule is COc1cc(CNC(=O)C2Cn3cccc3C(=O)N2Cc2cccnc2)cc(OC)c1. The largest absolute Gasteiger partial charge is 0.497 e. The number of aromatic nitrogens is 2. The number of hydrogen-bond donors (Lipinski definition) is 1. The number of amides is 2. The highest BCUT2D eigenvalue weighted by molar-refractivity contribution is 5.97. The number of benzene rings is 1. The number of carbonyl (C=O) groups excluding carboxylic acids is 2. The molecular weight excluding hydrogens is 396 g/mol. The van der Waals surface area contributed by atoms with E-state index in [1.54, 1.807) is 43.6 Å². The van der Waals surface area contributed by atoms with Gasteiger partial charge in [-0.1, -0.05) is 6.07 Å². The van der Waals surface area contributed by atoms with E-state index in [2.05, 4.69) is 10.3 Å². The maximum absolute atomic E-state index is 13.2. The number of rotatable bonds is 7. The van der Waals surface area contributed by atoms with Gasteiger partial charge in [-0.2, -0.15) is 0 Å². The first-order valence-corrected chi connectivity index (χ1v) is 9.93. The van der Waals surface area contributed by atoms with Crippen LogP contribution in [0, 0.1) is 0 Å². The summed E-state index contributed by atoms with van der Waals surface area (Å²) < 4.78 is 12.4. The van der Waals surface area contributed by atoms with Gasteiger partial charge in [-0.05, 0) is 41.5 Å². The van der Waals surface area contributed by atoms with Crippen molar-refractivity contribution in [1.82, 2.24) is 19.8 Å². The van der Waals surface area contributed by atoms with Crippen molar-refractivity contribution >= 4 is 11.8 Å². The Morgan fingerprint density at radius 1 is 1.13 bits per heavy atom. The second-order valence-corrected chi connectivity index (χ2v) is 7.29. The van der Waals surface area contributed by atoms with E-state index in [4.69, 9.17) is 9.47 Å². The molecule has 0 aliphatic carbocycles. The molecule has 2 aromatic heterocycles. The standard InChI is InChI=1S/C23H24N4O4/c1-30-18-9-17(10-19(11-18)31-2)13-25-22(28)21-15-26-8-4-6-20(26)23(29)27(21)14-16-5-3-7-24-12-16/h3-12,21H,13-15H2,1-2H3,(H,25,28). The smallest absolute Gasteiger partial charge is 0.271 e. The van der Waals surface area contributed by atoms with Crippen molar-refractivity contribution in [2.24, 2.45) is 0 Å². The highest BCUT2D eigenvalue weighted by Crippen LogP contribution is 2.23. The first-order chi connectivity index (χ1) is 15.1. The number of hydrogen-bond acceptors (Lipinski definition) is 5. The van der Waals surface area contributed by atoms with Crippen LogP contribution in [0.25, 0.3) is 0 Å². The Morgan fingerprint density at radius 2 is 1.90 bits per heavy atom. The van der Waals surface area contributed by atoms with Gasteiger partial charge in [0.2, 0.25) is 5.91 Å². The normalized spacial score (nSPS) is 15.4. The van der Waals surface area contributed by atoms with Gasteiger partial charge in [0.1, 0.15) is 23.2 Å². The molecule has 1 aromatic carbocycles. The predicted molar refractivity (Wildman–Crippen MR) is 114 cm³/mol. The van der Waals surface area contributed by atoms with Gasteiger partial charge < -0.3 is 24.3 Å². The van der Waals surface area contributed by atoms with Crippen LogP contribution in [0.2, 0.25) is 0 Å². The Balaban J connectivity index is 1.54. The van der Waals surface area contributed by atoms with Crippen LogP contribution in [0.1, 0.15) is 21.6 Å². The molecule has 0 saturated carbocycles. The summed E-state index contributed by atoms with van der Waals surface area (Å²) >= 11 is 0. The molecule has 1 aliphatic heterocycles. The van der Waals surface area contributed by atoms with Crippen molar-refractivity contribution in [3.8, 4) is 11.5 Å². The van der Waals surface area contributed by atoms with Gasteiger partial charge in [-0.25, -0.2) is 0 Å². The zero-order valence-electron chi connectivity index (χ0n) is 17.4. The van der Waals surface area contributed by atoms with Gasteiger partial charge in [0.15, 0.2) is 0 Å². The van der Waals surface area contributed by atoms with E-state index >= 15 is 0 Å². The highest BCUT2D eigenvalue weighted by Gasteiger charge is 2.36. The van der Waals surface area contributed by atoms with Crippen molar-refractivity contribution in [2.75, 3.05) is 14.2 Å².